The molecular weight excluding hydrogens is 384 g/mol. The quantitative estimate of drug-likeness (QED) is 0.313. The van der Waals surface area contributed by atoms with Crippen molar-refractivity contribution in [3.05, 3.63) is 0 Å². The van der Waals surface area contributed by atoms with Gasteiger partial charge >= 0.3 is 23.9 Å². The molecule has 0 amide bonds. The molecule has 1 fully saturated rings. The third kappa shape index (κ3) is 7.35. The summed E-state index contributed by atoms with van der Waals surface area (Å²) < 4.78 is 26.2. The molecule has 11 nitrogen and oxygen atoms in total. The standard InChI is InChI=1S/C15H22N2O9S/c1-6(18)22-5-10-11(23-7(2)19)12(24-8(3)20)13(25-9(4)21)14(26-10)17-15(16)27/h10-14H,5H2,1-4H3,(H3,16,17,27)/t10-,11-,12+,13-,14-/m1/s1. The molecule has 1 saturated heterocycles. The first-order valence-corrected chi connectivity index (χ1v) is 8.28. The molecule has 0 saturated carbocycles. The minimum atomic E-state index is -1.27. The molecule has 0 bridgehead atoms. The number of hydrogen-bond donors (Lipinski definition) is 2. The lowest BCUT2D eigenvalue weighted by Crippen LogP contribution is -2.66. The molecule has 1 rings (SSSR count). The lowest BCUT2D eigenvalue weighted by Gasteiger charge is -2.44. The Bertz CT molecular complexity index is 612. The Balaban J connectivity index is 3.29. The van der Waals surface area contributed by atoms with E-state index in [2.05, 4.69) is 5.32 Å². The second-order valence-electron chi connectivity index (χ2n) is 5.63. The molecule has 0 aromatic rings. The van der Waals surface area contributed by atoms with E-state index >= 15 is 0 Å². The summed E-state index contributed by atoms with van der Waals surface area (Å²) in [6.45, 7) is 4.25. The Morgan fingerprint density at radius 2 is 1.37 bits per heavy atom. The summed E-state index contributed by atoms with van der Waals surface area (Å²) in [7, 11) is 0. The number of nitrogens with two attached hydrogens (primary N) is 1. The number of hydrogen-bond acceptors (Lipinski definition) is 10. The second kappa shape index (κ2) is 10.0. The van der Waals surface area contributed by atoms with Crippen LogP contribution in [0.25, 0.3) is 0 Å². The van der Waals surface area contributed by atoms with E-state index in [4.69, 9.17) is 41.6 Å². The van der Waals surface area contributed by atoms with Crippen LogP contribution in [-0.4, -0.2) is 66.2 Å². The highest BCUT2D eigenvalue weighted by Gasteiger charge is 2.52. The molecule has 0 aliphatic carbocycles. The summed E-state index contributed by atoms with van der Waals surface area (Å²) in [6, 6.07) is 0. The fourth-order valence-corrected chi connectivity index (χ4v) is 2.60. The number of carbonyl (C=O) groups excluding carboxylic acids is 4. The van der Waals surface area contributed by atoms with Crippen molar-refractivity contribution >= 4 is 41.2 Å². The fraction of sp³-hybridized carbons (Fsp3) is 0.667. The predicted molar refractivity (Wildman–Crippen MR) is 91.9 cm³/mol. The monoisotopic (exact) mass is 406 g/mol. The first-order valence-electron chi connectivity index (χ1n) is 7.87. The summed E-state index contributed by atoms with van der Waals surface area (Å²) in [4.78, 5) is 45.8. The van der Waals surface area contributed by atoms with Gasteiger partial charge in [0.05, 0.1) is 0 Å². The molecule has 1 aliphatic heterocycles. The van der Waals surface area contributed by atoms with Gasteiger partial charge in [-0.25, -0.2) is 0 Å². The molecule has 3 N–H and O–H groups in total. The minimum absolute atomic E-state index is 0.184. The summed E-state index contributed by atoms with van der Waals surface area (Å²) in [5.41, 5.74) is 5.47. The minimum Gasteiger partial charge on any atom is -0.463 e. The van der Waals surface area contributed by atoms with Gasteiger partial charge in [0.15, 0.2) is 29.7 Å². The molecule has 0 unspecified atom stereocenters. The summed E-state index contributed by atoms with van der Waals surface area (Å²) in [6.07, 6.45) is -5.94. The third-order valence-electron chi connectivity index (χ3n) is 3.28. The SMILES string of the molecule is CC(=O)OC[C@H]1O[C@@H](NC(N)=S)[C@H](OC(C)=O)[C@@H](OC(C)=O)[C@@H]1OC(C)=O. The average molecular weight is 406 g/mol. The molecule has 5 atom stereocenters. The van der Waals surface area contributed by atoms with Gasteiger partial charge in [-0.15, -0.1) is 0 Å². The molecule has 1 aliphatic rings. The van der Waals surface area contributed by atoms with Gasteiger partial charge in [-0.2, -0.15) is 0 Å². The van der Waals surface area contributed by atoms with Gasteiger partial charge in [0.2, 0.25) is 0 Å². The highest BCUT2D eigenvalue weighted by molar-refractivity contribution is 7.80. The van der Waals surface area contributed by atoms with Crippen molar-refractivity contribution in [1.29, 1.82) is 0 Å². The van der Waals surface area contributed by atoms with E-state index in [1.807, 2.05) is 0 Å². The molecule has 0 aromatic heterocycles. The van der Waals surface area contributed by atoms with Crippen LogP contribution >= 0.6 is 12.2 Å². The largest absolute Gasteiger partial charge is 0.463 e. The maximum Gasteiger partial charge on any atom is 0.303 e. The molecule has 27 heavy (non-hydrogen) atoms. The number of esters is 4. The van der Waals surface area contributed by atoms with E-state index in [9.17, 15) is 19.2 Å². The normalized spacial score (nSPS) is 27.0. The van der Waals surface area contributed by atoms with Crippen molar-refractivity contribution in [2.24, 2.45) is 5.73 Å². The number of ether oxygens (including phenoxy) is 5. The lowest BCUT2D eigenvalue weighted by atomic mass is 9.97. The van der Waals surface area contributed by atoms with Crippen LogP contribution in [0, 0.1) is 0 Å². The summed E-state index contributed by atoms with van der Waals surface area (Å²) >= 11 is 4.78. The van der Waals surface area contributed by atoms with E-state index < -0.39 is 54.5 Å². The van der Waals surface area contributed by atoms with Crippen molar-refractivity contribution in [2.75, 3.05) is 6.61 Å². The lowest BCUT2D eigenvalue weighted by molar-refractivity contribution is -0.254. The number of thiocarbonyl (C=S) groups is 1. The molecular formula is C15H22N2O9S. The van der Waals surface area contributed by atoms with E-state index in [0.717, 1.165) is 20.8 Å². The molecule has 12 heteroatoms. The maximum atomic E-state index is 11.6. The highest BCUT2D eigenvalue weighted by atomic mass is 32.1. The Kier molecular flexibility index (Phi) is 8.37. The van der Waals surface area contributed by atoms with E-state index in [0.29, 0.717) is 0 Å². The Morgan fingerprint density at radius 1 is 0.889 bits per heavy atom. The van der Waals surface area contributed by atoms with Crippen LogP contribution in [-0.2, 0) is 42.9 Å². The second-order valence-corrected chi connectivity index (χ2v) is 6.07. The van der Waals surface area contributed by atoms with Gasteiger partial charge in [0.25, 0.3) is 0 Å². The van der Waals surface area contributed by atoms with Crippen molar-refractivity contribution < 1.29 is 42.9 Å². The topological polar surface area (TPSA) is 152 Å². The smallest absolute Gasteiger partial charge is 0.303 e. The third-order valence-corrected chi connectivity index (χ3v) is 3.39. The summed E-state index contributed by atoms with van der Waals surface area (Å²) in [5.74, 6) is -2.76. The van der Waals surface area contributed by atoms with Crippen LogP contribution in [0.3, 0.4) is 0 Å². The number of nitrogens with one attached hydrogen (secondary N) is 1. The van der Waals surface area contributed by atoms with Crippen LogP contribution in [0.2, 0.25) is 0 Å². The number of carbonyl (C=O) groups is 4. The maximum absolute atomic E-state index is 11.6. The van der Waals surface area contributed by atoms with Gasteiger partial charge < -0.3 is 34.7 Å². The highest BCUT2D eigenvalue weighted by Crippen LogP contribution is 2.28. The molecule has 0 aromatic carbocycles. The van der Waals surface area contributed by atoms with Crippen molar-refractivity contribution in [1.82, 2.24) is 5.32 Å². The molecule has 0 spiro atoms. The fourth-order valence-electron chi connectivity index (χ4n) is 2.48. The van der Waals surface area contributed by atoms with Crippen LogP contribution in [0.5, 0.6) is 0 Å². The average Bonchev–Trinajstić information content (AvgIpc) is 2.49. The van der Waals surface area contributed by atoms with Gasteiger partial charge in [0.1, 0.15) is 12.7 Å². The van der Waals surface area contributed by atoms with Gasteiger partial charge in [-0.1, -0.05) is 0 Å². The van der Waals surface area contributed by atoms with Crippen molar-refractivity contribution in [3.8, 4) is 0 Å². The zero-order valence-electron chi connectivity index (χ0n) is 15.3. The van der Waals surface area contributed by atoms with E-state index in [1.165, 1.54) is 6.92 Å². The van der Waals surface area contributed by atoms with Crippen molar-refractivity contribution in [2.45, 2.75) is 58.3 Å². The zero-order chi connectivity index (χ0) is 20.7. The van der Waals surface area contributed by atoms with Gasteiger partial charge in [-0.05, 0) is 12.2 Å². The van der Waals surface area contributed by atoms with Crippen LogP contribution in [0.4, 0.5) is 0 Å². The predicted octanol–water partition coefficient (Wildman–Crippen LogP) is -1.10. The van der Waals surface area contributed by atoms with Crippen LogP contribution in [0.15, 0.2) is 0 Å². The number of rotatable bonds is 6. The van der Waals surface area contributed by atoms with Gasteiger partial charge in [0, 0.05) is 27.7 Å². The molecule has 0 radical (unpaired) electrons. The van der Waals surface area contributed by atoms with E-state index in [1.54, 1.807) is 0 Å². The zero-order valence-corrected chi connectivity index (χ0v) is 16.1. The summed E-state index contributed by atoms with van der Waals surface area (Å²) in [5, 5.41) is 2.39. The first-order chi connectivity index (χ1) is 12.5. The van der Waals surface area contributed by atoms with Gasteiger partial charge in [-0.3, -0.25) is 19.2 Å². The van der Waals surface area contributed by atoms with Crippen LogP contribution in [0.1, 0.15) is 27.7 Å². The Labute approximate surface area is 160 Å². The van der Waals surface area contributed by atoms with Crippen LogP contribution < -0.4 is 11.1 Å². The van der Waals surface area contributed by atoms with E-state index in [-0.39, 0.29) is 11.7 Å². The Hall–Kier alpha value is -2.47. The molecule has 1 heterocycles. The first kappa shape index (κ1) is 22.6. The molecule has 152 valence electrons. The Morgan fingerprint density at radius 3 is 1.81 bits per heavy atom. The van der Waals surface area contributed by atoms with Crippen molar-refractivity contribution in [3.63, 3.8) is 0 Å².